The summed E-state index contributed by atoms with van der Waals surface area (Å²) in [5.41, 5.74) is 17.7. The summed E-state index contributed by atoms with van der Waals surface area (Å²) in [7, 11) is 0. The van der Waals surface area contributed by atoms with E-state index in [-0.39, 0.29) is 6.98 Å². The van der Waals surface area contributed by atoms with E-state index in [0.717, 1.165) is 6.42 Å². The van der Waals surface area contributed by atoms with Gasteiger partial charge in [0.05, 0.1) is 0 Å². The molecule has 4 aliphatic rings. The lowest BCUT2D eigenvalue weighted by Crippen LogP contribution is -2.62. The standard InChI is InChI=1S/C31H19BN2/c1-3-14-27-21(8-1)23-12-5-13-24-22-9-2-4-15-28(22)34-30-17-7-11-20-19-10-6-16-29(25(19)18-26(20)30)33(27)32(34)31(23)24/h1-17H,18H2. The van der Waals surface area contributed by atoms with Gasteiger partial charge in [0, 0.05) is 40.3 Å². The van der Waals surface area contributed by atoms with Crippen LogP contribution in [0.3, 0.4) is 0 Å². The molecule has 0 N–H and O–H groups in total. The first-order valence-corrected chi connectivity index (χ1v) is 12.0. The number of anilines is 4. The summed E-state index contributed by atoms with van der Waals surface area (Å²) in [5, 5.41) is 0. The Balaban J connectivity index is 1.53. The van der Waals surface area contributed by atoms with Crippen molar-refractivity contribution in [2.24, 2.45) is 0 Å². The normalized spacial score (nSPS) is 14.8. The molecule has 0 aromatic heterocycles. The quantitative estimate of drug-likeness (QED) is 0.242. The van der Waals surface area contributed by atoms with Crippen LogP contribution in [0.15, 0.2) is 103 Å². The van der Waals surface area contributed by atoms with Gasteiger partial charge in [0.2, 0.25) is 0 Å². The molecule has 2 nitrogen and oxygen atoms in total. The minimum Gasteiger partial charge on any atom is -0.361 e. The molecule has 3 heteroatoms. The molecule has 3 aliphatic heterocycles. The average molecular weight is 430 g/mol. The molecule has 0 saturated heterocycles. The molecule has 6 bridgehead atoms. The lowest BCUT2D eigenvalue weighted by Gasteiger charge is -2.49. The summed E-state index contributed by atoms with van der Waals surface area (Å²) in [4.78, 5) is 5.24. The van der Waals surface area contributed by atoms with E-state index >= 15 is 0 Å². The van der Waals surface area contributed by atoms with Crippen LogP contribution in [0.1, 0.15) is 11.1 Å². The molecule has 5 aromatic rings. The van der Waals surface area contributed by atoms with E-state index in [1.807, 2.05) is 0 Å². The fourth-order valence-corrected chi connectivity index (χ4v) is 6.95. The van der Waals surface area contributed by atoms with Crippen molar-refractivity contribution in [2.45, 2.75) is 6.42 Å². The minimum atomic E-state index is 0.0670. The lowest BCUT2D eigenvalue weighted by atomic mass is 9.53. The second-order valence-corrected chi connectivity index (χ2v) is 9.70. The van der Waals surface area contributed by atoms with Crippen LogP contribution in [0.5, 0.6) is 0 Å². The van der Waals surface area contributed by atoms with Crippen LogP contribution < -0.4 is 15.1 Å². The first kappa shape index (κ1) is 17.3. The molecule has 5 aromatic carbocycles. The van der Waals surface area contributed by atoms with E-state index in [2.05, 4.69) is 113 Å². The Morgan fingerprint density at radius 3 is 1.38 bits per heavy atom. The molecular formula is C31H19BN2. The summed E-state index contributed by atoms with van der Waals surface area (Å²) in [6.45, 7) is 0.0670. The molecule has 3 heterocycles. The summed E-state index contributed by atoms with van der Waals surface area (Å²) in [5.74, 6) is 0. The van der Waals surface area contributed by atoms with Crippen LogP contribution in [0, 0.1) is 0 Å². The molecule has 1 aliphatic carbocycles. The van der Waals surface area contributed by atoms with Gasteiger partial charge in [-0.15, -0.1) is 0 Å². The van der Waals surface area contributed by atoms with E-state index in [0.29, 0.717) is 0 Å². The topological polar surface area (TPSA) is 6.48 Å². The molecule has 34 heavy (non-hydrogen) atoms. The number of hydrogen-bond donors (Lipinski definition) is 0. The molecule has 0 unspecified atom stereocenters. The zero-order chi connectivity index (χ0) is 22.0. The maximum absolute atomic E-state index is 2.62. The molecule has 0 radical (unpaired) electrons. The number of rotatable bonds is 0. The number of fused-ring (bicyclic) bond motifs is 8. The Kier molecular flexibility index (Phi) is 2.95. The van der Waals surface area contributed by atoms with Gasteiger partial charge in [-0.2, -0.15) is 0 Å². The second kappa shape index (κ2) is 5.81. The third kappa shape index (κ3) is 1.85. The Labute approximate surface area is 198 Å². The highest BCUT2D eigenvalue weighted by Crippen LogP contribution is 2.55. The Morgan fingerprint density at radius 2 is 0.824 bits per heavy atom. The van der Waals surface area contributed by atoms with E-state index in [9.17, 15) is 0 Å². The van der Waals surface area contributed by atoms with Gasteiger partial charge in [0.15, 0.2) is 0 Å². The van der Waals surface area contributed by atoms with Crippen LogP contribution in [0.2, 0.25) is 0 Å². The highest BCUT2D eigenvalue weighted by Gasteiger charge is 2.49. The van der Waals surface area contributed by atoms with Crippen molar-refractivity contribution >= 4 is 35.2 Å². The van der Waals surface area contributed by atoms with Crippen molar-refractivity contribution in [3.63, 3.8) is 0 Å². The Hall–Kier alpha value is -4.24. The fourth-order valence-electron chi connectivity index (χ4n) is 6.95. The zero-order valence-electron chi connectivity index (χ0n) is 18.5. The van der Waals surface area contributed by atoms with Crippen LogP contribution in [-0.4, -0.2) is 6.98 Å². The van der Waals surface area contributed by atoms with Crippen LogP contribution >= 0.6 is 0 Å². The van der Waals surface area contributed by atoms with Crippen LogP contribution in [-0.2, 0) is 6.42 Å². The molecule has 156 valence electrons. The van der Waals surface area contributed by atoms with Crippen molar-refractivity contribution < 1.29 is 0 Å². The summed E-state index contributed by atoms with van der Waals surface area (Å²) < 4.78 is 0. The van der Waals surface area contributed by atoms with Gasteiger partial charge in [0.25, 0.3) is 0 Å². The predicted molar refractivity (Wildman–Crippen MR) is 142 cm³/mol. The van der Waals surface area contributed by atoms with Crippen LogP contribution in [0.4, 0.5) is 22.7 Å². The van der Waals surface area contributed by atoms with Gasteiger partial charge in [-0.25, -0.2) is 0 Å². The SMILES string of the molecule is c1ccc2c(c1)-c1cccc3c1B1N2c2cccc4c2Cc2c-4cccc2N1c1ccccc1-3. The van der Waals surface area contributed by atoms with Gasteiger partial charge in [-0.3, -0.25) is 0 Å². The van der Waals surface area contributed by atoms with Crippen molar-refractivity contribution in [3.8, 4) is 33.4 Å². The summed E-state index contributed by atoms with van der Waals surface area (Å²) in [6, 6.07) is 38.5. The van der Waals surface area contributed by atoms with Gasteiger partial charge in [-0.05, 0) is 63.1 Å². The van der Waals surface area contributed by atoms with E-state index in [1.54, 1.807) is 0 Å². The van der Waals surface area contributed by atoms with E-state index in [1.165, 1.54) is 72.7 Å². The summed E-state index contributed by atoms with van der Waals surface area (Å²) >= 11 is 0. The zero-order valence-corrected chi connectivity index (χ0v) is 18.5. The molecule has 0 fully saturated rings. The predicted octanol–water partition coefficient (Wildman–Crippen LogP) is 6.90. The highest BCUT2D eigenvalue weighted by molar-refractivity contribution is 6.86. The molecule has 0 spiro atoms. The molecule has 0 amide bonds. The van der Waals surface area contributed by atoms with Gasteiger partial charge >= 0.3 is 6.98 Å². The van der Waals surface area contributed by atoms with Crippen molar-refractivity contribution in [1.29, 1.82) is 0 Å². The molecule has 0 saturated carbocycles. The van der Waals surface area contributed by atoms with Gasteiger partial charge < -0.3 is 9.62 Å². The third-order valence-electron chi connectivity index (χ3n) is 8.23. The fraction of sp³-hybridized carbons (Fsp3) is 0.0323. The van der Waals surface area contributed by atoms with Crippen molar-refractivity contribution in [3.05, 3.63) is 114 Å². The second-order valence-electron chi connectivity index (χ2n) is 9.70. The third-order valence-corrected chi connectivity index (χ3v) is 8.23. The number of para-hydroxylation sites is 2. The molecular weight excluding hydrogens is 411 g/mol. The Morgan fingerprint density at radius 1 is 0.412 bits per heavy atom. The number of hydrogen-bond acceptors (Lipinski definition) is 2. The van der Waals surface area contributed by atoms with Crippen molar-refractivity contribution in [1.82, 2.24) is 0 Å². The largest absolute Gasteiger partial charge is 0.421 e. The highest BCUT2D eigenvalue weighted by atomic mass is 15.3. The minimum absolute atomic E-state index is 0.0670. The maximum Gasteiger partial charge on any atom is 0.421 e. The van der Waals surface area contributed by atoms with Gasteiger partial charge in [0.1, 0.15) is 0 Å². The monoisotopic (exact) mass is 430 g/mol. The van der Waals surface area contributed by atoms with E-state index in [4.69, 9.17) is 0 Å². The first-order chi connectivity index (χ1) is 16.9. The molecule has 0 atom stereocenters. The Bertz CT molecular complexity index is 1600. The maximum atomic E-state index is 2.62. The van der Waals surface area contributed by atoms with Gasteiger partial charge in [-0.1, -0.05) is 78.9 Å². The number of benzene rings is 5. The summed E-state index contributed by atoms with van der Waals surface area (Å²) in [6.07, 6.45) is 0.982. The van der Waals surface area contributed by atoms with E-state index < -0.39 is 0 Å². The lowest BCUT2D eigenvalue weighted by molar-refractivity contribution is 1.16. The average Bonchev–Trinajstić information content (AvgIpc) is 3.28. The van der Waals surface area contributed by atoms with Crippen LogP contribution in [0.25, 0.3) is 33.4 Å². The first-order valence-electron chi connectivity index (χ1n) is 12.0. The van der Waals surface area contributed by atoms with Crippen molar-refractivity contribution in [2.75, 3.05) is 9.62 Å². The smallest absolute Gasteiger partial charge is 0.361 e. The molecule has 9 rings (SSSR count). The number of nitrogens with zero attached hydrogens (tertiary/aromatic N) is 2.